The molecule has 5 nitrogen and oxygen atoms in total. The van der Waals surface area contributed by atoms with Crippen LogP contribution in [-0.2, 0) is 4.79 Å². The first-order valence-corrected chi connectivity index (χ1v) is 5.44. The zero-order valence-electron chi connectivity index (χ0n) is 10.3. The highest BCUT2D eigenvalue weighted by molar-refractivity contribution is 5.81. The Kier molecular flexibility index (Phi) is 4.46. The van der Waals surface area contributed by atoms with E-state index in [4.69, 9.17) is 5.26 Å². The first-order valence-electron chi connectivity index (χ1n) is 5.44. The van der Waals surface area contributed by atoms with Crippen molar-refractivity contribution in [2.45, 2.75) is 13.8 Å². The predicted molar refractivity (Wildman–Crippen MR) is 65.6 cm³/mol. The Morgan fingerprint density at radius 1 is 1.59 bits per heavy atom. The van der Waals surface area contributed by atoms with Gasteiger partial charge in [0.1, 0.15) is 11.9 Å². The van der Waals surface area contributed by atoms with Crippen LogP contribution in [0.2, 0.25) is 0 Å². The van der Waals surface area contributed by atoms with Crippen LogP contribution in [0.5, 0.6) is 0 Å². The molecule has 0 spiro atoms. The number of carbonyl (C=O) groups excluding carboxylic acids is 1. The predicted octanol–water partition coefficient (Wildman–Crippen LogP) is 0.834. The summed E-state index contributed by atoms with van der Waals surface area (Å²) in [5, 5.41) is 11.7. The summed E-state index contributed by atoms with van der Waals surface area (Å²) in [6.45, 7) is 4.51. The smallest absolute Gasteiger partial charge is 0.239 e. The van der Waals surface area contributed by atoms with E-state index in [0.717, 1.165) is 5.69 Å². The summed E-state index contributed by atoms with van der Waals surface area (Å²) in [4.78, 5) is 17.4. The highest BCUT2D eigenvalue weighted by atomic mass is 16.2. The number of hydrogen-bond donors (Lipinski definition) is 1. The molecule has 0 aliphatic carbocycles. The van der Waals surface area contributed by atoms with Gasteiger partial charge in [0.15, 0.2) is 0 Å². The van der Waals surface area contributed by atoms with Gasteiger partial charge in [-0.25, -0.2) is 4.98 Å². The third-order valence-corrected chi connectivity index (χ3v) is 2.25. The summed E-state index contributed by atoms with van der Waals surface area (Å²) < 4.78 is 0. The third kappa shape index (κ3) is 3.45. The van der Waals surface area contributed by atoms with E-state index in [2.05, 4.69) is 16.4 Å². The number of rotatable bonds is 4. The SMILES string of the molecule is CCNC(=O)CN(C)c1nc(C)ccc1C#N. The minimum absolute atomic E-state index is 0.0813. The first kappa shape index (κ1) is 13.0. The van der Waals surface area contributed by atoms with Crippen LogP contribution >= 0.6 is 0 Å². The van der Waals surface area contributed by atoms with E-state index in [0.29, 0.717) is 17.9 Å². The summed E-state index contributed by atoms with van der Waals surface area (Å²) >= 11 is 0. The van der Waals surface area contributed by atoms with E-state index in [1.165, 1.54) is 0 Å². The molecule has 0 bridgehead atoms. The molecule has 0 aliphatic rings. The normalized spacial score (nSPS) is 9.53. The number of nitriles is 1. The van der Waals surface area contributed by atoms with Crippen LogP contribution in [0.3, 0.4) is 0 Å². The maximum Gasteiger partial charge on any atom is 0.239 e. The van der Waals surface area contributed by atoms with Crippen LogP contribution in [-0.4, -0.2) is 31.0 Å². The number of carbonyl (C=O) groups is 1. The Hall–Kier alpha value is -2.09. The number of amides is 1. The molecule has 0 aromatic carbocycles. The zero-order chi connectivity index (χ0) is 12.8. The lowest BCUT2D eigenvalue weighted by Crippen LogP contribution is -2.35. The second kappa shape index (κ2) is 5.85. The fourth-order valence-corrected chi connectivity index (χ4v) is 1.46. The molecular weight excluding hydrogens is 216 g/mol. The average molecular weight is 232 g/mol. The number of aromatic nitrogens is 1. The quantitative estimate of drug-likeness (QED) is 0.835. The molecule has 17 heavy (non-hydrogen) atoms. The Morgan fingerprint density at radius 3 is 2.88 bits per heavy atom. The zero-order valence-corrected chi connectivity index (χ0v) is 10.3. The number of hydrogen-bond acceptors (Lipinski definition) is 4. The number of nitrogens with one attached hydrogen (secondary N) is 1. The fraction of sp³-hybridized carbons (Fsp3) is 0.417. The van der Waals surface area contributed by atoms with E-state index < -0.39 is 0 Å². The number of anilines is 1. The van der Waals surface area contributed by atoms with Crippen molar-refractivity contribution < 1.29 is 4.79 Å². The molecule has 0 saturated heterocycles. The van der Waals surface area contributed by atoms with Crippen molar-refractivity contribution in [3.05, 3.63) is 23.4 Å². The molecule has 5 heteroatoms. The van der Waals surface area contributed by atoms with Gasteiger partial charge in [-0.15, -0.1) is 0 Å². The Bertz CT molecular complexity index is 450. The van der Waals surface area contributed by atoms with Gasteiger partial charge in [0, 0.05) is 19.3 Å². The summed E-state index contributed by atoms with van der Waals surface area (Å²) in [5.74, 6) is 0.459. The topological polar surface area (TPSA) is 69.0 Å². The van der Waals surface area contributed by atoms with Crippen molar-refractivity contribution in [1.82, 2.24) is 10.3 Å². The highest BCUT2D eigenvalue weighted by Gasteiger charge is 2.12. The minimum Gasteiger partial charge on any atom is -0.355 e. The van der Waals surface area contributed by atoms with Crippen LogP contribution in [0.1, 0.15) is 18.2 Å². The van der Waals surface area contributed by atoms with Crippen molar-refractivity contribution >= 4 is 11.7 Å². The molecule has 0 atom stereocenters. The van der Waals surface area contributed by atoms with Crippen LogP contribution in [0.25, 0.3) is 0 Å². The van der Waals surface area contributed by atoms with Crippen molar-refractivity contribution in [3.8, 4) is 6.07 Å². The summed E-state index contributed by atoms with van der Waals surface area (Å²) in [7, 11) is 1.75. The van der Waals surface area contributed by atoms with Gasteiger partial charge in [-0.1, -0.05) is 0 Å². The monoisotopic (exact) mass is 232 g/mol. The van der Waals surface area contributed by atoms with Gasteiger partial charge in [-0.3, -0.25) is 4.79 Å². The standard InChI is InChI=1S/C12H16N4O/c1-4-14-11(17)8-16(3)12-10(7-13)6-5-9(2)15-12/h5-6H,4,8H2,1-3H3,(H,14,17). The lowest BCUT2D eigenvalue weighted by molar-refractivity contribution is -0.119. The lowest BCUT2D eigenvalue weighted by Gasteiger charge is -2.18. The van der Waals surface area contributed by atoms with Gasteiger partial charge in [-0.2, -0.15) is 5.26 Å². The first-order chi connectivity index (χ1) is 8.08. The fourth-order valence-electron chi connectivity index (χ4n) is 1.46. The molecule has 1 aromatic heterocycles. The van der Waals surface area contributed by atoms with Gasteiger partial charge >= 0.3 is 0 Å². The summed E-state index contributed by atoms with van der Waals surface area (Å²) in [6.07, 6.45) is 0. The number of pyridine rings is 1. The van der Waals surface area contributed by atoms with Crippen LogP contribution in [0.15, 0.2) is 12.1 Å². The Morgan fingerprint density at radius 2 is 2.29 bits per heavy atom. The Labute approximate surface area is 101 Å². The van der Waals surface area contributed by atoms with Crippen molar-refractivity contribution in [2.75, 3.05) is 25.0 Å². The van der Waals surface area contributed by atoms with Crippen LogP contribution < -0.4 is 10.2 Å². The van der Waals surface area contributed by atoms with Gasteiger partial charge < -0.3 is 10.2 Å². The molecule has 0 fully saturated rings. The van der Waals surface area contributed by atoms with Gasteiger partial charge in [0.2, 0.25) is 5.91 Å². The van der Waals surface area contributed by atoms with Gasteiger partial charge in [0.25, 0.3) is 0 Å². The van der Waals surface area contributed by atoms with E-state index >= 15 is 0 Å². The van der Waals surface area contributed by atoms with Crippen molar-refractivity contribution in [2.24, 2.45) is 0 Å². The second-order valence-corrected chi connectivity index (χ2v) is 3.75. The minimum atomic E-state index is -0.0813. The maximum atomic E-state index is 11.4. The molecule has 1 amide bonds. The van der Waals surface area contributed by atoms with Crippen LogP contribution in [0.4, 0.5) is 5.82 Å². The summed E-state index contributed by atoms with van der Waals surface area (Å²) in [5.41, 5.74) is 1.30. The number of nitrogens with zero attached hydrogens (tertiary/aromatic N) is 3. The molecule has 90 valence electrons. The van der Waals surface area contributed by atoms with Gasteiger partial charge in [0.05, 0.1) is 12.1 Å². The molecule has 1 N–H and O–H groups in total. The Balaban J connectivity index is 2.88. The van der Waals surface area contributed by atoms with Crippen LogP contribution in [0, 0.1) is 18.3 Å². The maximum absolute atomic E-state index is 11.4. The molecule has 0 aliphatic heterocycles. The molecule has 0 radical (unpaired) electrons. The van der Waals surface area contributed by atoms with Crippen molar-refractivity contribution in [1.29, 1.82) is 5.26 Å². The third-order valence-electron chi connectivity index (χ3n) is 2.25. The molecule has 1 aromatic rings. The molecular formula is C12H16N4O. The average Bonchev–Trinajstić information content (AvgIpc) is 2.29. The van der Waals surface area contributed by atoms with E-state index in [-0.39, 0.29) is 12.5 Å². The molecule has 0 saturated carbocycles. The summed E-state index contributed by atoms with van der Waals surface area (Å²) in [6, 6.07) is 5.57. The lowest BCUT2D eigenvalue weighted by atomic mass is 10.2. The van der Waals surface area contributed by atoms with E-state index in [9.17, 15) is 4.79 Å². The molecule has 1 heterocycles. The largest absolute Gasteiger partial charge is 0.355 e. The van der Waals surface area contributed by atoms with Crippen molar-refractivity contribution in [3.63, 3.8) is 0 Å². The van der Waals surface area contributed by atoms with Gasteiger partial charge in [-0.05, 0) is 26.0 Å². The number of aryl methyl sites for hydroxylation is 1. The molecule has 0 unspecified atom stereocenters. The molecule has 1 rings (SSSR count). The van der Waals surface area contributed by atoms with E-state index in [1.54, 1.807) is 24.1 Å². The second-order valence-electron chi connectivity index (χ2n) is 3.75. The highest BCUT2D eigenvalue weighted by Crippen LogP contribution is 2.15. The van der Waals surface area contributed by atoms with E-state index in [1.807, 2.05) is 13.8 Å². The number of likely N-dealkylation sites (N-methyl/N-ethyl adjacent to an activating group) is 2.